The van der Waals surface area contributed by atoms with E-state index in [2.05, 4.69) is 55.8 Å². The van der Waals surface area contributed by atoms with Crippen molar-refractivity contribution in [3.63, 3.8) is 0 Å². The maximum Gasteiger partial charge on any atom is 0.409 e. The molecule has 2 fully saturated rings. The molecule has 8 heteroatoms. The second-order valence-electron chi connectivity index (χ2n) is 8.21. The molecule has 0 atom stereocenters. The van der Waals surface area contributed by atoms with Crippen LogP contribution in [-0.4, -0.2) is 98.8 Å². The summed E-state index contributed by atoms with van der Waals surface area (Å²) in [5, 5.41) is 6.95. The Hall–Kier alpha value is -2.32. The van der Waals surface area contributed by atoms with Gasteiger partial charge in [0.2, 0.25) is 0 Å². The van der Waals surface area contributed by atoms with Gasteiger partial charge in [-0.05, 0) is 25.3 Å². The number of rotatable bonds is 7. The topological polar surface area (TPSA) is 72.4 Å². The van der Waals surface area contributed by atoms with Gasteiger partial charge in [0.05, 0.1) is 6.61 Å². The minimum absolute atomic E-state index is 0.202. The Kier molecular flexibility index (Phi) is 9.42. The lowest BCUT2D eigenvalue weighted by molar-refractivity contribution is 0.0963. The van der Waals surface area contributed by atoms with Gasteiger partial charge in [0.25, 0.3) is 0 Å². The first-order chi connectivity index (χ1) is 15.2. The number of likely N-dealkylation sites (tertiary alicyclic amines) is 1. The number of benzene rings is 1. The van der Waals surface area contributed by atoms with Crippen LogP contribution in [0.15, 0.2) is 35.3 Å². The maximum absolute atomic E-state index is 11.8. The van der Waals surface area contributed by atoms with Gasteiger partial charge in [-0.1, -0.05) is 30.3 Å². The quantitative estimate of drug-likeness (QED) is 0.506. The van der Waals surface area contributed by atoms with E-state index in [0.717, 1.165) is 77.7 Å². The Morgan fingerprint density at radius 3 is 2.39 bits per heavy atom. The molecule has 3 rings (SSSR count). The summed E-state index contributed by atoms with van der Waals surface area (Å²) >= 11 is 0. The molecule has 2 heterocycles. The number of guanidine groups is 1. The first-order valence-corrected chi connectivity index (χ1v) is 11.6. The van der Waals surface area contributed by atoms with Crippen molar-refractivity contribution in [3.05, 3.63) is 35.9 Å². The number of ether oxygens (including phenoxy) is 1. The van der Waals surface area contributed by atoms with E-state index >= 15 is 0 Å². The van der Waals surface area contributed by atoms with Crippen molar-refractivity contribution in [2.24, 2.45) is 4.99 Å². The van der Waals surface area contributed by atoms with Gasteiger partial charge in [-0.2, -0.15) is 0 Å². The van der Waals surface area contributed by atoms with Crippen LogP contribution in [0, 0.1) is 0 Å². The van der Waals surface area contributed by atoms with Gasteiger partial charge < -0.3 is 20.3 Å². The second-order valence-corrected chi connectivity index (χ2v) is 8.21. The summed E-state index contributed by atoms with van der Waals surface area (Å²) in [6.07, 6.45) is 1.61. The van der Waals surface area contributed by atoms with Crippen LogP contribution >= 0.6 is 0 Å². The van der Waals surface area contributed by atoms with Crippen molar-refractivity contribution in [1.82, 2.24) is 25.3 Å². The van der Waals surface area contributed by atoms with Gasteiger partial charge >= 0.3 is 6.09 Å². The Bertz CT molecular complexity index is 683. The highest BCUT2D eigenvalue weighted by molar-refractivity contribution is 5.80. The number of carbonyl (C=O) groups excluding carboxylic acids is 1. The van der Waals surface area contributed by atoms with Gasteiger partial charge in [-0.3, -0.25) is 14.8 Å². The van der Waals surface area contributed by atoms with Crippen LogP contribution in [0.5, 0.6) is 0 Å². The van der Waals surface area contributed by atoms with E-state index in [1.807, 2.05) is 14.0 Å². The van der Waals surface area contributed by atoms with Gasteiger partial charge in [0.15, 0.2) is 5.96 Å². The van der Waals surface area contributed by atoms with E-state index in [0.29, 0.717) is 12.6 Å². The summed E-state index contributed by atoms with van der Waals surface area (Å²) in [5.41, 5.74) is 1.39. The molecule has 1 amide bonds. The van der Waals surface area contributed by atoms with E-state index in [9.17, 15) is 4.79 Å². The Morgan fingerprint density at radius 2 is 1.74 bits per heavy atom. The minimum atomic E-state index is -0.202. The fourth-order valence-corrected chi connectivity index (χ4v) is 4.15. The minimum Gasteiger partial charge on any atom is -0.450 e. The number of nitrogens with one attached hydrogen (secondary N) is 2. The summed E-state index contributed by atoms with van der Waals surface area (Å²) in [4.78, 5) is 23.0. The molecule has 0 unspecified atom stereocenters. The van der Waals surface area contributed by atoms with Gasteiger partial charge in [-0.25, -0.2) is 4.79 Å². The third-order valence-electron chi connectivity index (χ3n) is 6.02. The van der Waals surface area contributed by atoms with Crippen LogP contribution in [0.2, 0.25) is 0 Å². The highest BCUT2D eigenvalue weighted by Crippen LogP contribution is 2.11. The number of piperazine rings is 1. The summed E-state index contributed by atoms with van der Waals surface area (Å²) in [6.45, 7) is 11.1. The van der Waals surface area contributed by atoms with Crippen molar-refractivity contribution >= 4 is 12.1 Å². The lowest BCUT2D eigenvalue weighted by Crippen LogP contribution is -2.52. The summed E-state index contributed by atoms with van der Waals surface area (Å²) in [6, 6.07) is 11.0. The predicted molar refractivity (Wildman–Crippen MR) is 124 cm³/mol. The zero-order valence-corrected chi connectivity index (χ0v) is 19.1. The van der Waals surface area contributed by atoms with Crippen molar-refractivity contribution < 1.29 is 9.53 Å². The van der Waals surface area contributed by atoms with E-state index in [1.165, 1.54) is 5.56 Å². The molecule has 0 aromatic heterocycles. The molecule has 1 aromatic carbocycles. The Balaban J connectivity index is 1.29. The molecular formula is C23H38N6O2. The lowest BCUT2D eigenvalue weighted by Gasteiger charge is -2.35. The van der Waals surface area contributed by atoms with Crippen LogP contribution in [-0.2, 0) is 11.3 Å². The number of hydrogen-bond acceptors (Lipinski definition) is 5. The summed E-state index contributed by atoms with van der Waals surface area (Å²) in [5.74, 6) is 0.845. The normalized spacial score (nSPS) is 19.3. The smallest absolute Gasteiger partial charge is 0.409 e. The zero-order valence-electron chi connectivity index (χ0n) is 19.1. The van der Waals surface area contributed by atoms with Gasteiger partial charge in [0.1, 0.15) is 0 Å². The average Bonchev–Trinajstić information content (AvgIpc) is 2.81. The molecule has 8 nitrogen and oxygen atoms in total. The molecular weight excluding hydrogens is 392 g/mol. The van der Waals surface area contributed by atoms with Crippen LogP contribution < -0.4 is 10.6 Å². The number of piperidine rings is 1. The van der Waals surface area contributed by atoms with E-state index in [-0.39, 0.29) is 6.09 Å². The fraction of sp³-hybridized carbons (Fsp3) is 0.652. The highest BCUT2D eigenvalue weighted by atomic mass is 16.6. The van der Waals surface area contributed by atoms with E-state index in [1.54, 1.807) is 4.90 Å². The fourth-order valence-electron chi connectivity index (χ4n) is 4.15. The number of nitrogens with zero attached hydrogens (tertiary/aromatic N) is 4. The first-order valence-electron chi connectivity index (χ1n) is 11.6. The average molecular weight is 431 g/mol. The Morgan fingerprint density at radius 1 is 1.06 bits per heavy atom. The van der Waals surface area contributed by atoms with Gasteiger partial charge in [0, 0.05) is 72.0 Å². The number of carbonyl (C=O) groups is 1. The van der Waals surface area contributed by atoms with E-state index in [4.69, 9.17) is 4.74 Å². The molecule has 0 aliphatic carbocycles. The standard InChI is InChI=1S/C23H38N6O2/c1-3-31-23(30)29-12-9-21(10-13-29)26-22(24-2)25-11-14-27-15-17-28(18-16-27)19-20-7-5-4-6-8-20/h4-8,21H,3,9-19H2,1-2H3,(H2,24,25,26). The number of amides is 1. The summed E-state index contributed by atoms with van der Waals surface area (Å²) in [7, 11) is 1.81. The SMILES string of the molecule is CCOC(=O)N1CCC(NC(=NC)NCCN2CCN(Cc3ccccc3)CC2)CC1. The molecule has 0 spiro atoms. The molecule has 2 N–H and O–H groups in total. The molecule has 0 saturated carbocycles. The highest BCUT2D eigenvalue weighted by Gasteiger charge is 2.24. The maximum atomic E-state index is 11.8. The first kappa shape index (κ1) is 23.3. The monoisotopic (exact) mass is 430 g/mol. The van der Waals surface area contributed by atoms with Crippen molar-refractivity contribution in [3.8, 4) is 0 Å². The van der Waals surface area contributed by atoms with Crippen LogP contribution in [0.25, 0.3) is 0 Å². The Labute approximate surface area is 186 Å². The van der Waals surface area contributed by atoms with Crippen molar-refractivity contribution in [2.75, 3.05) is 66.0 Å². The third kappa shape index (κ3) is 7.70. The van der Waals surface area contributed by atoms with E-state index < -0.39 is 0 Å². The molecule has 2 aliphatic rings. The molecule has 172 valence electrons. The molecule has 31 heavy (non-hydrogen) atoms. The molecule has 0 bridgehead atoms. The second kappa shape index (κ2) is 12.5. The van der Waals surface area contributed by atoms with Crippen molar-refractivity contribution in [1.29, 1.82) is 0 Å². The number of aliphatic imine (C=N–C) groups is 1. The zero-order chi connectivity index (χ0) is 21.9. The number of hydrogen-bond donors (Lipinski definition) is 2. The van der Waals surface area contributed by atoms with Crippen LogP contribution in [0.1, 0.15) is 25.3 Å². The van der Waals surface area contributed by atoms with Gasteiger partial charge in [-0.15, -0.1) is 0 Å². The van der Waals surface area contributed by atoms with Crippen molar-refractivity contribution in [2.45, 2.75) is 32.4 Å². The lowest BCUT2D eigenvalue weighted by atomic mass is 10.1. The molecule has 0 radical (unpaired) electrons. The molecule has 2 aliphatic heterocycles. The summed E-state index contributed by atoms with van der Waals surface area (Å²) < 4.78 is 5.09. The largest absolute Gasteiger partial charge is 0.450 e. The third-order valence-corrected chi connectivity index (χ3v) is 6.02. The predicted octanol–water partition coefficient (Wildman–Crippen LogP) is 1.59. The van der Waals surface area contributed by atoms with Crippen LogP contribution in [0.4, 0.5) is 4.79 Å². The van der Waals surface area contributed by atoms with Crippen LogP contribution in [0.3, 0.4) is 0 Å². The molecule has 2 saturated heterocycles. The molecule has 1 aromatic rings.